The van der Waals surface area contributed by atoms with Gasteiger partial charge in [-0.1, -0.05) is 6.92 Å². The van der Waals surface area contributed by atoms with Crippen LogP contribution in [-0.4, -0.2) is 43.9 Å². The van der Waals surface area contributed by atoms with E-state index in [4.69, 9.17) is 10.1 Å². The van der Waals surface area contributed by atoms with Crippen LogP contribution in [0.1, 0.15) is 81.1 Å². The third-order valence-corrected chi connectivity index (χ3v) is 6.61. The van der Waals surface area contributed by atoms with Gasteiger partial charge in [0.15, 0.2) is 5.65 Å². The molecule has 1 saturated heterocycles. The number of amides is 2. The van der Waals surface area contributed by atoms with Gasteiger partial charge in [0.1, 0.15) is 0 Å². The van der Waals surface area contributed by atoms with Crippen LogP contribution < -0.4 is 5.32 Å². The summed E-state index contributed by atoms with van der Waals surface area (Å²) in [5, 5.41) is 7.88. The molecule has 0 aromatic carbocycles. The predicted octanol–water partition coefficient (Wildman–Crippen LogP) is 3.27. The minimum atomic E-state index is 0.0595. The fourth-order valence-corrected chi connectivity index (χ4v) is 4.46. The van der Waals surface area contributed by atoms with E-state index in [9.17, 15) is 9.59 Å². The molecule has 2 amide bonds. The predicted molar refractivity (Wildman–Crippen MR) is 115 cm³/mol. The molecule has 0 spiro atoms. The maximum Gasteiger partial charge on any atom is 0.226 e. The molecule has 2 fully saturated rings. The van der Waals surface area contributed by atoms with Crippen molar-refractivity contribution in [1.82, 2.24) is 24.8 Å². The molecular formula is C23H33N5O2. The van der Waals surface area contributed by atoms with Crippen molar-refractivity contribution < 1.29 is 9.59 Å². The zero-order chi connectivity index (χ0) is 21.4. The Hall–Kier alpha value is -2.44. The van der Waals surface area contributed by atoms with Gasteiger partial charge in [0.05, 0.1) is 11.7 Å². The molecule has 0 radical (unpaired) electrons. The maximum absolute atomic E-state index is 12.7. The van der Waals surface area contributed by atoms with E-state index in [1.807, 2.05) is 36.3 Å². The summed E-state index contributed by atoms with van der Waals surface area (Å²) in [6.07, 6.45) is 6.06. The summed E-state index contributed by atoms with van der Waals surface area (Å²) in [5.74, 6) is 0.603. The lowest BCUT2D eigenvalue weighted by atomic mass is 10.1. The molecule has 4 rings (SSSR count). The van der Waals surface area contributed by atoms with Crippen LogP contribution in [0.5, 0.6) is 0 Å². The van der Waals surface area contributed by atoms with Gasteiger partial charge in [-0.05, 0) is 64.9 Å². The number of carbonyl (C=O) groups is 2. The van der Waals surface area contributed by atoms with Gasteiger partial charge >= 0.3 is 0 Å². The van der Waals surface area contributed by atoms with Crippen LogP contribution in [0.4, 0.5) is 0 Å². The molecule has 30 heavy (non-hydrogen) atoms. The van der Waals surface area contributed by atoms with Gasteiger partial charge < -0.3 is 10.2 Å². The van der Waals surface area contributed by atoms with Crippen molar-refractivity contribution in [3.05, 3.63) is 28.7 Å². The highest BCUT2D eigenvalue weighted by atomic mass is 16.2. The molecule has 0 unspecified atom stereocenters. The summed E-state index contributed by atoms with van der Waals surface area (Å²) in [5.41, 5.74) is 4.80. The van der Waals surface area contributed by atoms with Crippen LogP contribution in [0.2, 0.25) is 0 Å². The molecule has 1 saturated carbocycles. The Bertz CT molecular complexity index is 962. The number of aromatic nitrogens is 3. The Labute approximate surface area is 178 Å². The van der Waals surface area contributed by atoms with Gasteiger partial charge in [0.2, 0.25) is 11.8 Å². The molecule has 2 aliphatic rings. The van der Waals surface area contributed by atoms with Crippen molar-refractivity contribution in [3.63, 3.8) is 0 Å². The van der Waals surface area contributed by atoms with E-state index in [1.165, 1.54) is 0 Å². The second kappa shape index (κ2) is 8.36. The normalized spacial score (nSPS) is 20.0. The number of likely N-dealkylation sites (tertiary alicyclic amines) is 1. The molecule has 162 valence electrons. The summed E-state index contributed by atoms with van der Waals surface area (Å²) in [6, 6.07) is 2.29. The molecule has 1 aliphatic carbocycles. The number of fused-ring (bicyclic) bond motifs is 1. The van der Waals surface area contributed by atoms with Crippen molar-refractivity contribution in [2.45, 2.75) is 84.7 Å². The topological polar surface area (TPSA) is 79.6 Å². The summed E-state index contributed by atoms with van der Waals surface area (Å²) in [4.78, 5) is 31.7. The third kappa shape index (κ3) is 4.07. The molecule has 7 heteroatoms. The average molecular weight is 412 g/mol. The number of hydrogen-bond donors (Lipinski definition) is 1. The van der Waals surface area contributed by atoms with Crippen LogP contribution in [0.25, 0.3) is 5.65 Å². The first-order chi connectivity index (χ1) is 14.4. The van der Waals surface area contributed by atoms with Gasteiger partial charge in [-0.15, -0.1) is 0 Å². The average Bonchev–Trinajstić information content (AvgIpc) is 3.29. The first kappa shape index (κ1) is 20.8. The Morgan fingerprint density at radius 2 is 2.03 bits per heavy atom. The van der Waals surface area contributed by atoms with Crippen LogP contribution >= 0.6 is 0 Å². The molecular weight excluding hydrogens is 378 g/mol. The van der Waals surface area contributed by atoms with Crippen molar-refractivity contribution in [3.8, 4) is 0 Å². The molecule has 1 N–H and O–H groups in total. The Kier molecular flexibility index (Phi) is 5.80. The van der Waals surface area contributed by atoms with Gasteiger partial charge in [0, 0.05) is 42.4 Å². The van der Waals surface area contributed by atoms with Gasteiger partial charge in [-0.2, -0.15) is 5.10 Å². The van der Waals surface area contributed by atoms with E-state index in [1.54, 1.807) is 0 Å². The maximum atomic E-state index is 12.7. The number of aryl methyl sites for hydroxylation is 2. The van der Waals surface area contributed by atoms with Crippen molar-refractivity contribution in [1.29, 1.82) is 0 Å². The quantitative estimate of drug-likeness (QED) is 0.758. The fraction of sp³-hybridized carbons (Fsp3) is 0.652. The van der Waals surface area contributed by atoms with Crippen LogP contribution in [0.15, 0.2) is 6.07 Å². The Morgan fingerprint density at radius 1 is 1.27 bits per heavy atom. The number of nitrogens with one attached hydrogen (secondary N) is 1. The van der Waals surface area contributed by atoms with Crippen molar-refractivity contribution >= 4 is 17.5 Å². The SMILES string of the molecule is CC[C@@H](C)NC(=O)CCc1c(C)nc2cc([C@H]3CCCN3C(=O)C3CC3)nn2c1C. The summed E-state index contributed by atoms with van der Waals surface area (Å²) in [7, 11) is 0. The zero-order valence-electron chi connectivity index (χ0n) is 18.6. The minimum absolute atomic E-state index is 0.0595. The molecule has 7 nitrogen and oxygen atoms in total. The third-order valence-electron chi connectivity index (χ3n) is 6.61. The van der Waals surface area contributed by atoms with Crippen molar-refractivity contribution in [2.75, 3.05) is 6.54 Å². The van der Waals surface area contributed by atoms with Crippen LogP contribution in [0.3, 0.4) is 0 Å². The number of carbonyl (C=O) groups excluding carboxylic acids is 2. The van der Waals surface area contributed by atoms with Gasteiger partial charge in [-0.25, -0.2) is 9.50 Å². The number of hydrogen-bond acceptors (Lipinski definition) is 4. The highest BCUT2D eigenvalue weighted by Gasteiger charge is 2.39. The Morgan fingerprint density at radius 3 is 2.73 bits per heavy atom. The van der Waals surface area contributed by atoms with E-state index in [-0.39, 0.29) is 23.9 Å². The molecule has 2 aromatic heterocycles. The van der Waals surface area contributed by atoms with E-state index in [2.05, 4.69) is 12.2 Å². The van der Waals surface area contributed by atoms with E-state index in [0.717, 1.165) is 66.9 Å². The summed E-state index contributed by atoms with van der Waals surface area (Å²) in [6.45, 7) is 8.96. The standard InChI is InChI=1S/C23H33N5O2/c1-5-14(2)24-22(29)11-10-18-15(3)25-21-13-19(26-28(21)16(18)4)20-7-6-12-27(20)23(30)17-8-9-17/h13-14,17,20H,5-12H2,1-4H3,(H,24,29)/t14-,20-/m1/s1. The Balaban J connectivity index is 1.55. The summed E-state index contributed by atoms with van der Waals surface area (Å²) < 4.78 is 1.89. The molecule has 1 aliphatic heterocycles. The molecule has 2 aromatic rings. The van der Waals surface area contributed by atoms with E-state index in [0.29, 0.717) is 18.7 Å². The summed E-state index contributed by atoms with van der Waals surface area (Å²) >= 11 is 0. The van der Waals surface area contributed by atoms with Crippen LogP contribution in [-0.2, 0) is 16.0 Å². The van der Waals surface area contributed by atoms with Gasteiger partial charge in [0.25, 0.3) is 0 Å². The smallest absolute Gasteiger partial charge is 0.226 e. The lowest BCUT2D eigenvalue weighted by Crippen LogP contribution is -2.32. The van der Waals surface area contributed by atoms with Gasteiger partial charge in [-0.3, -0.25) is 9.59 Å². The zero-order valence-corrected chi connectivity index (χ0v) is 18.6. The second-order valence-electron chi connectivity index (χ2n) is 8.94. The molecule has 3 heterocycles. The molecule has 0 bridgehead atoms. The lowest BCUT2D eigenvalue weighted by molar-refractivity contribution is -0.133. The van der Waals surface area contributed by atoms with E-state index < -0.39 is 0 Å². The largest absolute Gasteiger partial charge is 0.354 e. The molecule has 2 atom stereocenters. The first-order valence-corrected chi connectivity index (χ1v) is 11.3. The fourth-order valence-electron chi connectivity index (χ4n) is 4.46. The monoisotopic (exact) mass is 411 g/mol. The highest BCUT2D eigenvalue weighted by molar-refractivity contribution is 5.81. The highest BCUT2D eigenvalue weighted by Crippen LogP contribution is 2.38. The minimum Gasteiger partial charge on any atom is -0.354 e. The van der Waals surface area contributed by atoms with Crippen LogP contribution in [0, 0.1) is 19.8 Å². The first-order valence-electron chi connectivity index (χ1n) is 11.3. The van der Waals surface area contributed by atoms with E-state index >= 15 is 0 Å². The second-order valence-corrected chi connectivity index (χ2v) is 8.94. The lowest BCUT2D eigenvalue weighted by Gasteiger charge is -2.23. The van der Waals surface area contributed by atoms with Crippen molar-refractivity contribution in [2.24, 2.45) is 5.92 Å². The number of rotatable bonds is 7. The number of nitrogens with zero attached hydrogens (tertiary/aromatic N) is 4.